The summed E-state index contributed by atoms with van der Waals surface area (Å²) in [5.41, 5.74) is 0. The van der Waals surface area contributed by atoms with E-state index in [1.807, 2.05) is 13.8 Å². The van der Waals surface area contributed by atoms with Gasteiger partial charge in [-0.2, -0.15) is 5.10 Å². The molecule has 0 amide bonds. The fraction of sp³-hybridized carbons (Fsp3) is 0.727. The van der Waals surface area contributed by atoms with E-state index in [-0.39, 0.29) is 30.0 Å². The first-order valence-corrected chi connectivity index (χ1v) is 7.53. The molecule has 110 valence electrons. The summed E-state index contributed by atoms with van der Waals surface area (Å²) in [5, 5.41) is 12.7. The summed E-state index contributed by atoms with van der Waals surface area (Å²) in [6, 6.07) is -0.295. The first kappa shape index (κ1) is 16.1. The van der Waals surface area contributed by atoms with Crippen molar-refractivity contribution >= 4 is 10.0 Å². The van der Waals surface area contributed by atoms with Crippen LogP contribution in [0, 0.1) is 5.92 Å². The molecule has 0 bridgehead atoms. The van der Waals surface area contributed by atoms with Crippen molar-refractivity contribution in [2.45, 2.75) is 31.3 Å². The maximum Gasteiger partial charge on any atom is 0.244 e. The normalized spacial score (nSPS) is 13.9. The zero-order valence-electron chi connectivity index (χ0n) is 11.4. The van der Waals surface area contributed by atoms with Crippen molar-refractivity contribution < 1.29 is 18.3 Å². The molecule has 0 fully saturated rings. The van der Waals surface area contributed by atoms with Gasteiger partial charge in [-0.25, -0.2) is 13.1 Å². The zero-order valence-corrected chi connectivity index (χ0v) is 12.2. The monoisotopic (exact) mass is 291 g/mol. The summed E-state index contributed by atoms with van der Waals surface area (Å²) in [7, 11) is -2.09. The molecule has 0 aliphatic rings. The van der Waals surface area contributed by atoms with Crippen molar-refractivity contribution in [1.82, 2.24) is 14.5 Å². The third-order valence-corrected chi connectivity index (χ3v) is 4.15. The lowest BCUT2D eigenvalue weighted by molar-refractivity contribution is 0.157. The fourth-order valence-corrected chi connectivity index (χ4v) is 2.84. The Morgan fingerprint density at radius 3 is 2.74 bits per heavy atom. The highest BCUT2D eigenvalue weighted by molar-refractivity contribution is 7.89. The minimum Gasteiger partial charge on any atom is -0.394 e. The number of aliphatic hydroxyl groups excluding tert-OH is 1. The van der Waals surface area contributed by atoms with E-state index in [1.54, 1.807) is 0 Å². The number of nitrogens with one attached hydrogen (secondary N) is 1. The lowest BCUT2D eigenvalue weighted by Gasteiger charge is -2.20. The van der Waals surface area contributed by atoms with Crippen LogP contribution in [0.15, 0.2) is 17.3 Å². The van der Waals surface area contributed by atoms with Gasteiger partial charge in [-0.1, -0.05) is 13.8 Å². The molecule has 1 atom stereocenters. The van der Waals surface area contributed by atoms with Crippen LogP contribution < -0.4 is 4.72 Å². The van der Waals surface area contributed by atoms with E-state index in [1.165, 1.54) is 24.2 Å². The topological polar surface area (TPSA) is 93.5 Å². The number of ether oxygens (including phenoxy) is 1. The maximum absolute atomic E-state index is 12.2. The van der Waals surface area contributed by atoms with Crippen molar-refractivity contribution in [1.29, 1.82) is 0 Å². The molecule has 0 aliphatic carbocycles. The molecule has 1 aromatic rings. The van der Waals surface area contributed by atoms with E-state index in [2.05, 4.69) is 9.82 Å². The first-order chi connectivity index (χ1) is 8.90. The van der Waals surface area contributed by atoms with Gasteiger partial charge in [0, 0.05) is 19.3 Å². The minimum absolute atomic E-state index is 0.0858. The van der Waals surface area contributed by atoms with Crippen molar-refractivity contribution in [3.63, 3.8) is 0 Å². The van der Waals surface area contributed by atoms with Gasteiger partial charge >= 0.3 is 0 Å². The van der Waals surface area contributed by atoms with Gasteiger partial charge in [0.05, 0.1) is 26.0 Å². The molecule has 0 spiro atoms. The Morgan fingerprint density at radius 2 is 2.21 bits per heavy atom. The average Bonchev–Trinajstić information content (AvgIpc) is 2.78. The summed E-state index contributed by atoms with van der Waals surface area (Å²) in [6.07, 6.45) is 2.66. The van der Waals surface area contributed by atoms with Gasteiger partial charge in [-0.15, -0.1) is 0 Å². The Balaban J connectivity index is 2.83. The Kier molecular flexibility index (Phi) is 5.92. The molecule has 19 heavy (non-hydrogen) atoms. The largest absolute Gasteiger partial charge is 0.394 e. The smallest absolute Gasteiger partial charge is 0.244 e. The van der Waals surface area contributed by atoms with Gasteiger partial charge in [0.1, 0.15) is 4.90 Å². The van der Waals surface area contributed by atoms with Crippen LogP contribution in [-0.2, 0) is 21.3 Å². The van der Waals surface area contributed by atoms with Crippen LogP contribution in [0.2, 0.25) is 0 Å². The van der Waals surface area contributed by atoms with Gasteiger partial charge in [-0.05, 0) is 5.92 Å². The summed E-state index contributed by atoms with van der Waals surface area (Å²) in [6.45, 7) is 4.32. The Bertz CT molecular complexity index is 484. The fourth-order valence-electron chi connectivity index (χ4n) is 1.52. The van der Waals surface area contributed by atoms with Crippen molar-refractivity contribution in [2.75, 3.05) is 20.3 Å². The molecule has 1 aromatic heterocycles. The second-order valence-corrected chi connectivity index (χ2v) is 6.30. The van der Waals surface area contributed by atoms with Gasteiger partial charge < -0.3 is 9.84 Å². The van der Waals surface area contributed by atoms with E-state index in [4.69, 9.17) is 9.84 Å². The SMILES string of the molecule is COCC(NS(=O)(=O)c1cnn(CCO)c1)C(C)C. The van der Waals surface area contributed by atoms with Crippen LogP contribution in [0.4, 0.5) is 0 Å². The van der Waals surface area contributed by atoms with Gasteiger partial charge in [0.25, 0.3) is 0 Å². The summed E-state index contributed by atoms with van der Waals surface area (Å²) in [4.78, 5) is 0.0858. The van der Waals surface area contributed by atoms with Crippen LogP contribution in [0.5, 0.6) is 0 Å². The average molecular weight is 291 g/mol. The molecule has 1 rings (SSSR count). The predicted molar refractivity (Wildman–Crippen MR) is 70.1 cm³/mol. The highest BCUT2D eigenvalue weighted by atomic mass is 32.2. The Hall–Kier alpha value is -0.960. The lowest BCUT2D eigenvalue weighted by atomic mass is 10.1. The molecule has 0 aliphatic heterocycles. The standard InChI is InChI=1S/C11H21N3O4S/c1-9(2)11(8-18-3)13-19(16,17)10-6-12-14(7-10)4-5-15/h6-7,9,11,13,15H,4-5,8H2,1-3H3. The molecule has 0 saturated carbocycles. The highest BCUT2D eigenvalue weighted by Crippen LogP contribution is 2.11. The van der Waals surface area contributed by atoms with Crippen LogP contribution in [0.3, 0.4) is 0 Å². The molecule has 8 heteroatoms. The van der Waals surface area contributed by atoms with Crippen molar-refractivity contribution in [2.24, 2.45) is 5.92 Å². The second kappa shape index (κ2) is 6.99. The number of hydrogen-bond donors (Lipinski definition) is 2. The molecule has 7 nitrogen and oxygen atoms in total. The molecule has 0 saturated heterocycles. The first-order valence-electron chi connectivity index (χ1n) is 6.05. The molecule has 0 aromatic carbocycles. The number of nitrogens with zero attached hydrogens (tertiary/aromatic N) is 2. The number of hydrogen-bond acceptors (Lipinski definition) is 5. The van der Waals surface area contributed by atoms with Crippen LogP contribution in [0.1, 0.15) is 13.8 Å². The van der Waals surface area contributed by atoms with Gasteiger partial charge in [-0.3, -0.25) is 4.68 Å². The predicted octanol–water partition coefficient (Wildman–Crippen LogP) is -0.175. The lowest BCUT2D eigenvalue weighted by Crippen LogP contribution is -2.41. The van der Waals surface area contributed by atoms with E-state index in [0.717, 1.165) is 0 Å². The molecular weight excluding hydrogens is 270 g/mol. The molecule has 0 radical (unpaired) electrons. The van der Waals surface area contributed by atoms with Crippen molar-refractivity contribution in [3.8, 4) is 0 Å². The minimum atomic E-state index is -3.62. The van der Waals surface area contributed by atoms with Gasteiger partial charge in [0.2, 0.25) is 10.0 Å². The summed E-state index contributed by atoms with van der Waals surface area (Å²) < 4.78 is 33.3. The number of aliphatic hydroxyl groups is 1. The molecule has 2 N–H and O–H groups in total. The quantitative estimate of drug-likeness (QED) is 0.693. The number of methoxy groups -OCH3 is 1. The van der Waals surface area contributed by atoms with E-state index in [0.29, 0.717) is 6.61 Å². The van der Waals surface area contributed by atoms with Crippen LogP contribution in [-0.4, -0.2) is 49.7 Å². The van der Waals surface area contributed by atoms with Crippen LogP contribution >= 0.6 is 0 Å². The number of sulfonamides is 1. The maximum atomic E-state index is 12.2. The Morgan fingerprint density at radius 1 is 1.53 bits per heavy atom. The molecule has 1 heterocycles. The summed E-state index contributed by atoms with van der Waals surface area (Å²) in [5.74, 6) is 0.113. The van der Waals surface area contributed by atoms with Gasteiger partial charge in [0.15, 0.2) is 0 Å². The number of aromatic nitrogens is 2. The van der Waals surface area contributed by atoms with E-state index >= 15 is 0 Å². The van der Waals surface area contributed by atoms with E-state index < -0.39 is 10.0 Å². The Labute approximate surface area is 113 Å². The van der Waals surface area contributed by atoms with Crippen LogP contribution in [0.25, 0.3) is 0 Å². The molecule has 1 unspecified atom stereocenters. The zero-order chi connectivity index (χ0) is 14.5. The van der Waals surface area contributed by atoms with Crippen molar-refractivity contribution in [3.05, 3.63) is 12.4 Å². The third kappa shape index (κ3) is 4.57. The second-order valence-electron chi connectivity index (χ2n) is 4.59. The number of rotatable bonds is 8. The van der Waals surface area contributed by atoms with E-state index in [9.17, 15) is 8.42 Å². The summed E-state index contributed by atoms with van der Waals surface area (Å²) >= 11 is 0. The molecular formula is C11H21N3O4S. The third-order valence-electron chi connectivity index (χ3n) is 2.71. The highest BCUT2D eigenvalue weighted by Gasteiger charge is 2.23.